The number of carbonyl (C=O) groups excluding carboxylic acids is 3. The lowest BCUT2D eigenvalue weighted by Crippen LogP contribution is -2.65. The average Bonchev–Trinajstić information content (AvgIpc) is 2.86. The van der Waals surface area contributed by atoms with Crippen LogP contribution in [-0.4, -0.2) is 24.8 Å². The Hall–Kier alpha value is -2.42. The van der Waals surface area contributed by atoms with E-state index >= 15 is 0 Å². The number of ketones is 1. The van der Waals surface area contributed by atoms with Crippen molar-refractivity contribution in [3.05, 3.63) is 23.0 Å². The Kier molecular flexibility index (Phi) is 6.39. The van der Waals surface area contributed by atoms with E-state index in [-0.39, 0.29) is 45.8 Å². The maximum atomic E-state index is 14.5. The Bertz CT molecular complexity index is 1280. The molecule has 3 fully saturated rings. The van der Waals surface area contributed by atoms with Gasteiger partial charge in [0.2, 0.25) is 0 Å². The predicted molar refractivity (Wildman–Crippen MR) is 151 cm³/mol. The van der Waals surface area contributed by atoms with Crippen molar-refractivity contribution in [3.63, 3.8) is 0 Å². The second kappa shape index (κ2) is 8.79. The van der Waals surface area contributed by atoms with Gasteiger partial charge in [0, 0.05) is 18.3 Å². The Labute approximate surface area is 239 Å². The maximum absolute atomic E-state index is 14.5. The quantitative estimate of drug-likeness (QED) is 0.341. The van der Waals surface area contributed by atoms with Gasteiger partial charge in [-0.15, -0.1) is 0 Å². The number of nitrogens with zero attached hydrogens (tertiary/aromatic N) is 1. The van der Waals surface area contributed by atoms with Crippen molar-refractivity contribution in [2.75, 3.05) is 7.11 Å². The van der Waals surface area contributed by atoms with Gasteiger partial charge in [0.15, 0.2) is 5.78 Å². The SMILES string of the molecule is COC(=O)[C@]12CCC(C)(C)C[C@H]1[C@H]1C(=O)C=C3[C@@]4(C)CC(C#N)=C(OC(C)=O)C(C)(C)C4CC[C@@]3(C)[C@]1(C)CC2. The molecule has 218 valence electrons. The van der Waals surface area contributed by atoms with Crippen molar-refractivity contribution in [3.8, 4) is 6.07 Å². The van der Waals surface area contributed by atoms with Crippen LogP contribution in [0.1, 0.15) is 107 Å². The van der Waals surface area contributed by atoms with Gasteiger partial charge in [-0.2, -0.15) is 5.26 Å². The molecule has 7 atom stereocenters. The summed E-state index contributed by atoms with van der Waals surface area (Å²) < 4.78 is 11.1. The zero-order valence-electron chi connectivity index (χ0n) is 26.0. The molecule has 0 aromatic heterocycles. The second-order valence-electron chi connectivity index (χ2n) is 15.7. The molecule has 0 heterocycles. The lowest BCUT2D eigenvalue weighted by atomic mass is 9.34. The topological polar surface area (TPSA) is 93.5 Å². The molecule has 5 rings (SSSR count). The second-order valence-corrected chi connectivity index (χ2v) is 15.7. The van der Waals surface area contributed by atoms with E-state index in [1.807, 2.05) is 6.08 Å². The van der Waals surface area contributed by atoms with E-state index in [0.717, 1.165) is 50.5 Å². The van der Waals surface area contributed by atoms with Crippen LogP contribution in [0.3, 0.4) is 0 Å². The fourth-order valence-corrected chi connectivity index (χ4v) is 10.8. The molecule has 6 nitrogen and oxygen atoms in total. The number of methoxy groups -OCH3 is 1. The lowest BCUT2D eigenvalue weighted by molar-refractivity contribution is -0.192. The molecular weight excluding hydrogens is 502 g/mol. The first-order chi connectivity index (χ1) is 18.4. The van der Waals surface area contributed by atoms with E-state index in [1.54, 1.807) is 0 Å². The molecule has 5 aliphatic rings. The number of fused-ring (bicyclic) bond motifs is 7. The van der Waals surface area contributed by atoms with E-state index in [4.69, 9.17) is 9.47 Å². The molecule has 0 aromatic carbocycles. The molecule has 0 aromatic rings. The summed E-state index contributed by atoms with van der Waals surface area (Å²) in [6.45, 7) is 17.0. The Morgan fingerprint density at radius 1 is 1.00 bits per heavy atom. The van der Waals surface area contributed by atoms with Gasteiger partial charge >= 0.3 is 11.9 Å². The van der Waals surface area contributed by atoms with Crippen molar-refractivity contribution in [1.29, 1.82) is 5.26 Å². The van der Waals surface area contributed by atoms with Crippen LogP contribution in [0.2, 0.25) is 0 Å². The van der Waals surface area contributed by atoms with Crippen molar-refractivity contribution in [2.45, 2.75) is 107 Å². The normalized spacial score (nSPS) is 43.1. The van der Waals surface area contributed by atoms with Crippen molar-refractivity contribution in [1.82, 2.24) is 0 Å². The van der Waals surface area contributed by atoms with Gasteiger partial charge in [-0.3, -0.25) is 14.4 Å². The molecule has 40 heavy (non-hydrogen) atoms. The molecule has 0 radical (unpaired) electrons. The van der Waals surface area contributed by atoms with Crippen LogP contribution in [-0.2, 0) is 23.9 Å². The van der Waals surface area contributed by atoms with Crippen molar-refractivity contribution >= 4 is 17.7 Å². The number of hydrogen-bond donors (Lipinski definition) is 0. The van der Waals surface area contributed by atoms with E-state index in [2.05, 4.69) is 54.5 Å². The Morgan fingerprint density at radius 2 is 1.65 bits per heavy atom. The highest BCUT2D eigenvalue weighted by atomic mass is 16.5. The Balaban J connectivity index is 1.67. The monoisotopic (exact) mass is 549 g/mol. The summed E-state index contributed by atoms with van der Waals surface area (Å²) in [6, 6.07) is 2.37. The summed E-state index contributed by atoms with van der Waals surface area (Å²) in [6.07, 6.45) is 8.34. The van der Waals surface area contributed by atoms with Crippen LogP contribution in [0.4, 0.5) is 0 Å². The minimum Gasteiger partial charge on any atom is -0.469 e. The first-order valence-electron chi connectivity index (χ1n) is 15.1. The smallest absolute Gasteiger partial charge is 0.312 e. The largest absolute Gasteiger partial charge is 0.469 e. The zero-order chi connectivity index (χ0) is 29.7. The number of allylic oxidation sites excluding steroid dienone is 4. The Morgan fingerprint density at radius 3 is 2.25 bits per heavy atom. The van der Waals surface area contributed by atoms with Gasteiger partial charge in [-0.05, 0) is 90.9 Å². The zero-order valence-corrected chi connectivity index (χ0v) is 26.0. The minimum absolute atomic E-state index is 0.0527. The maximum Gasteiger partial charge on any atom is 0.312 e. The molecule has 5 aliphatic carbocycles. The number of nitriles is 1. The highest BCUT2D eigenvalue weighted by Gasteiger charge is 2.71. The van der Waals surface area contributed by atoms with E-state index in [0.29, 0.717) is 17.8 Å². The number of ether oxygens (including phenoxy) is 2. The van der Waals surface area contributed by atoms with Gasteiger partial charge < -0.3 is 9.47 Å². The van der Waals surface area contributed by atoms with Gasteiger partial charge in [-0.25, -0.2) is 0 Å². The van der Waals surface area contributed by atoms with Crippen LogP contribution >= 0.6 is 0 Å². The van der Waals surface area contributed by atoms with Gasteiger partial charge in [0.25, 0.3) is 0 Å². The third-order valence-corrected chi connectivity index (χ3v) is 12.9. The molecule has 3 saturated carbocycles. The van der Waals surface area contributed by atoms with E-state index in [9.17, 15) is 19.6 Å². The standard InChI is InChI=1S/C34H47NO5/c1-20(36)40-27-21(19-35)17-31(6)24(30(27,4)5)10-11-32(7)25(31)16-23(37)26-22-18-29(2,3)12-14-34(22,28(38)39-9)15-13-33(26,32)8/h16,22,24,26H,10-15,17-18H2,1-9H3/t22-,24?,26-,31-,32+,33+,34-/m0/s1. The third-order valence-electron chi connectivity index (χ3n) is 12.9. The van der Waals surface area contributed by atoms with Crippen LogP contribution in [0.25, 0.3) is 0 Å². The van der Waals surface area contributed by atoms with Crippen LogP contribution in [0.5, 0.6) is 0 Å². The van der Waals surface area contributed by atoms with Crippen LogP contribution in [0, 0.1) is 61.6 Å². The predicted octanol–water partition coefficient (Wildman–Crippen LogP) is 7.09. The van der Waals surface area contributed by atoms with Crippen molar-refractivity contribution in [2.24, 2.45) is 50.2 Å². The first kappa shape index (κ1) is 29.1. The van der Waals surface area contributed by atoms with Gasteiger partial charge in [0.1, 0.15) is 5.76 Å². The highest BCUT2D eigenvalue weighted by Crippen LogP contribution is 2.75. The summed E-state index contributed by atoms with van der Waals surface area (Å²) in [4.78, 5) is 40.0. The lowest BCUT2D eigenvalue weighted by Gasteiger charge is -2.69. The summed E-state index contributed by atoms with van der Waals surface area (Å²) in [5.41, 5.74) is -0.401. The fraction of sp³-hybridized carbons (Fsp3) is 0.765. The number of hydrogen-bond acceptors (Lipinski definition) is 6. The van der Waals surface area contributed by atoms with Crippen molar-refractivity contribution < 1.29 is 23.9 Å². The number of rotatable bonds is 2. The number of esters is 2. The fourth-order valence-electron chi connectivity index (χ4n) is 10.8. The highest BCUT2D eigenvalue weighted by molar-refractivity contribution is 5.96. The first-order valence-corrected chi connectivity index (χ1v) is 15.1. The minimum atomic E-state index is -0.602. The molecule has 1 unspecified atom stereocenters. The van der Waals surface area contributed by atoms with E-state index < -0.39 is 22.2 Å². The summed E-state index contributed by atoms with van der Waals surface area (Å²) in [7, 11) is 1.49. The molecule has 0 aliphatic heterocycles. The van der Waals surface area contributed by atoms with Crippen LogP contribution < -0.4 is 0 Å². The molecule has 0 bridgehead atoms. The summed E-state index contributed by atoms with van der Waals surface area (Å²) in [5, 5.41) is 10.2. The molecule has 0 amide bonds. The third kappa shape index (κ3) is 3.61. The number of carbonyl (C=O) groups is 3. The molecule has 6 heteroatoms. The molecule has 0 N–H and O–H groups in total. The molecular formula is C34H47NO5. The molecule has 0 saturated heterocycles. The molecule has 0 spiro atoms. The van der Waals surface area contributed by atoms with Crippen LogP contribution in [0.15, 0.2) is 23.0 Å². The van der Waals surface area contributed by atoms with E-state index in [1.165, 1.54) is 14.0 Å². The van der Waals surface area contributed by atoms with Gasteiger partial charge in [0.05, 0.1) is 24.2 Å². The summed E-state index contributed by atoms with van der Waals surface area (Å²) in [5.74, 6) is -0.103. The summed E-state index contributed by atoms with van der Waals surface area (Å²) >= 11 is 0. The average molecular weight is 550 g/mol. The van der Waals surface area contributed by atoms with Gasteiger partial charge in [-0.1, -0.05) is 54.0 Å².